The van der Waals surface area contributed by atoms with Crippen molar-refractivity contribution in [2.75, 3.05) is 13.1 Å². The summed E-state index contributed by atoms with van der Waals surface area (Å²) in [5, 5.41) is 6.96. The molecule has 1 aliphatic heterocycles. The van der Waals surface area contributed by atoms with E-state index >= 15 is 0 Å². The lowest BCUT2D eigenvalue weighted by molar-refractivity contribution is 0.0932. The summed E-state index contributed by atoms with van der Waals surface area (Å²) in [5.41, 5.74) is 1.91. The molecule has 2 heterocycles. The molecule has 0 radical (unpaired) electrons. The van der Waals surface area contributed by atoms with E-state index in [9.17, 15) is 4.79 Å². The van der Waals surface area contributed by atoms with Crippen molar-refractivity contribution in [3.05, 3.63) is 47.1 Å². The minimum absolute atomic E-state index is 0.116. The highest BCUT2D eigenvalue weighted by atomic mass is 16.5. The maximum absolute atomic E-state index is 12.5. The Morgan fingerprint density at radius 2 is 1.89 bits per heavy atom. The van der Waals surface area contributed by atoms with Crippen molar-refractivity contribution in [1.82, 2.24) is 20.4 Å². The Morgan fingerprint density at radius 1 is 1.19 bits per heavy atom. The first-order valence-corrected chi connectivity index (χ1v) is 10.1. The van der Waals surface area contributed by atoms with Crippen molar-refractivity contribution in [2.24, 2.45) is 0 Å². The largest absolute Gasteiger partial charge is 0.341 e. The third-order valence-electron chi connectivity index (χ3n) is 5.44. The third kappa shape index (κ3) is 4.75. The van der Waals surface area contributed by atoms with E-state index in [1.54, 1.807) is 0 Å². The summed E-state index contributed by atoms with van der Waals surface area (Å²) in [6.45, 7) is 5.18. The highest BCUT2D eigenvalue weighted by Crippen LogP contribution is 2.38. The standard InChI is InChI=1S/C21H28N4O2/c1-15(21-23-19(24-27-21)17-10-11-17)22-20(26)18-8-6-16(7-9-18)14-25-12-4-2-3-5-13-25/h6-9,15,17H,2-5,10-14H2,1H3,(H,22,26)/t15-/m1/s1. The Labute approximate surface area is 160 Å². The SMILES string of the molecule is C[C@@H](NC(=O)c1ccc(CN2CCCCCC2)cc1)c1nc(C2CC2)no1. The zero-order valence-corrected chi connectivity index (χ0v) is 16.0. The first kappa shape index (κ1) is 18.2. The molecule has 1 N–H and O–H groups in total. The van der Waals surface area contributed by atoms with Crippen LogP contribution in [0.3, 0.4) is 0 Å². The lowest BCUT2D eigenvalue weighted by atomic mass is 10.1. The van der Waals surface area contributed by atoms with Crippen molar-refractivity contribution in [3.63, 3.8) is 0 Å². The number of hydrogen-bond donors (Lipinski definition) is 1. The van der Waals surface area contributed by atoms with Crippen LogP contribution < -0.4 is 5.32 Å². The number of nitrogens with one attached hydrogen (secondary N) is 1. The molecular formula is C21H28N4O2. The molecule has 4 rings (SSSR count). The molecule has 144 valence electrons. The van der Waals surface area contributed by atoms with Gasteiger partial charge in [-0.2, -0.15) is 4.98 Å². The van der Waals surface area contributed by atoms with Crippen molar-refractivity contribution < 1.29 is 9.32 Å². The molecule has 1 aromatic heterocycles. The van der Waals surface area contributed by atoms with Crippen LogP contribution in [0.1, 0.15) is 85.0 Å². The molecule has 2 fully saturated rings. The van der Waals surface area contributed by atoms with Crippen molar-refractivity contribution in [1.29, 1.82) is 0 Å². The summed E-state index contributed by atoms with van der Waals surface area (Å²) >= 11 is 0. The second-order valence-corrected chi connectivity index (χ2v) is 7.85. The third-order valence-corrected chi connectivity index (χ3v) is 5.44. The second kappa shape index (κ2) is 8.21. The fraction of sp³-hybridized carbons (Fsp3) is 0.571. The fourth-order valence-corrected chi connectivity index (χ4v) is 3.59. The van der Waals surface area contributed by atoms with Crippen LogP contribution in [0.4, 0.5) is 0 Å². The summed E-state index contributed by atoms with van der Waals surface area (Å²) in [6, 6.07) is 7.62. The van der Waals surface area contributed by atoms with Gasteiger partial charge in [-0.25, -0.2) is 0 Å². The highest BCUT2D eigenvalue weighted by molar-refractivity contribution is 5.94. The number of likely N-dealkylation sites (tertiary alicyclic amines) is 1. The Hall–Kier alpha value is -2.21. The number of aromatic nitrogens is 2. The predicted molar refractivity (Wildman–Crippen MR) is 102 cm³/mol. The molecule has 1 saturated carbocycles. The minimum Gasteiger partial charge on any atom is -0.341 e. The fourth-order valence-electron chi connectivity index (χ4n) is 3.59. The molecule has 1 saturated heterocycles. The zero-order valence-electron chi connectivity index (χ0n) is 16.0. The van der Waals surface area contributed by atoms with E-state index in [-0.39, 0.29) is 11.9 Å². The Bertz CT molecular complexity index is 759. The van der Waals surface area contributed by atoms with Gasteiger partial charge in [0.15, 0.2) is 5.82 Å². The molecule has 1 aromatic carbocycles. The van der Waals surface area contributed by atoms with Gasteiger partial charge in [0.05, 0.1) is 0 Å². The predicted octanol–water partition coefficient (Wildman–Crippen LogP) is 3.81. The van der Waals surface area contributed by atoms with Gasteiger partial charge in [0.1, 0.15) is 6.04 Å². The number of rotatable bonds is 6. The molecule has 0 spiro atoms. The van der Waals surface area contributed by atoms with Crippen molar-refractivity contribution in [2.45, 2.75) is 64.0 Å². The van der Waals surface area contributed by atoms with Crippen LogP contribution in [0.5, 0.6) is 0 Å². The smallest absolute Gasteiger partial charge is 0.251 e. The summed E-state index contributed by atoms with van der Waals surface area (Å²) in [5.74, 6) is 1.57. The number of hydrogen-bond acceptors (Lipinski definition) is 5. The van der Waals surface area contributed by atoms with Gasteiger partial charge in [-0.15, -0.1) is 0 Å². The molecule has 0 bridgehead atoms. The van der Waals surface area contributed by atoms with Crippen molar-refractivity contribution >= 4 is 5.91 Å². The average molecular weight is 368 g/mol. The van der Waals surface area contributed by atoms with E-state index in [0.717, 1.165) is 25.2 Å². The number of nitrogens with zero attached hydrogens (tertiary/aromatic N) is 3. The van der Waals surface area contributed by atoms with Crippen LogP contribution in [0.2, 0.25) is 0 Å². The van der Waals surface area contributed by atoms with Crippen LogP contribution >= 0.6 is 0 Å². The van der Waals surface area contributed by atoms with E-state index in [1.165, 1.54) is 44.3 Å². The van der Waals surface area contributed by atoms with E-state index in [4.69, 9.17) is 4.52 Å². The first-order valence-electron chi connectivity index (χ1n) is 10.1. The summed E-state index contributed by atoms with van der Waals surface area (Å²) in [4.78, 5) is 19.4. The normalized spacial score (nSPS) is 19.4. The van der Waals surface area contributed by atoms with Gasteiger partial charge in [-0.3, -0.25) is 9.69 Å². The van der Waals surface area contributed by atoms with Gasteiger partial charge in [0, 0.05) is 18.0 Å². The molecule has 1 aliphatic carbocycles. The monoisotopic (exact) mass is 368 g/mol. The molecule has 6 heteroatoms. The van der Waals surface area contributed by atoms with Gasteiger partial charge in [-0.05, 0) is 63.4 Å². The number of carbonyl (C=O) groups excluding carboxylic acids is 1. The average Bonchev–Trinajstić information content (AvgIpc) is 3.46. The number of carbonyl (C=O) groups is 1. The van der Waals surface area contributed by atoms with Gasteiger partial charge in [0.2, 0.25) is 5.89 Å². The highest BCUT2D eigenvalue weighted by Gasteiger charge is 2.29. The number of amides is 1. The van der Waals surface area contributed by atoms with E-state index in [1.807, 2.05) is 19.1 Å². The Kier molecular flexibility index (Phi) is 5.53. The molecule has 6 nitrogen and oxygen atoms in total. The molecular weight excluding hydrogens is 340 g/mol. The number of benzene rings is 1. The second-order valence-electron chi connectivity index (χ2n) is 7.85. The lowest BCUT2D eigenvalue weighted by Gasteiger charge is -2.19. The Morgan fingerprint density at radius 3 is 2.56 bits per heavy atom. The molecule has 27 heavy (non-hydrogen) atoms. The maximum Gasteiger partial charge on any atom is 0.251 e. The molecule has 2 aliphatic rings. The van der Waals surface area contributed by atoms with E-state index < -0.39 is 0 Å². The zero-order chi connectivity index (χ0) is 18.6. The summed E-state index contributed by atoms with van der Waals surface area (Å²) in [6.07, 6.45) is 7.52. The van der Waals surface area contributed by atoms with Crippen LogP contribution in [0.15, 0.2) is 28.8 Å². The van der Waals surface area contributed by atoms with Crippen LogP contribution in [-0.4, -0.2) is 34.0 Å². The van der Waals surface area contributed by atoms with Gasteiger partial charge >= 0.3 is 0 Å². The van der Waals surface area contributed by atoms with Crippen LogP contribution in [0.25, 0.3) is 0 Å². The van der Waals surface area contributed by atoms with Gasteiger partial charge in [-0.1, -0.05) is 30.1 Å². The molecule has 1 atom stereocenters. The summed E-state index contributed by atoms with van der Waals surface area (Å²) < 4.78 is 5.30. The lowest BCUT2D eigenvalue weighted by Crippen LogP contribution is -2.27. The first-order chi connectivity index (χ1) is 13.2. The van der Waals surface area contributed by atoms with Crippen molar-refractivity contribution in [3.8, 4) is 0 Å². The van der Waals surface area contributed by atoms with Crippen LogP contribution in [-0.2, 0) is 6.54 Å². The minimum atomic E-state index is -0.297. The quantitative estimate of drug-likeness (QED) is 0.839. The molecule has 2 aromatic rings. The summed E-state index contributed by atoms with van der Waals surface area (Å²) in [7, 11) is 0. The van der Waals surface area contributed by atoms with E-state index in [0.29, 0.717) is 17.4 Å². The maximum atomic E-state index is 12.5. The van der Waals surface area contributed by atoms with Crippen LogP contribution in [0, 0.1) is 0 Å². The van der Waals surface area contributed by atoms with E-state index in [2.05, 4.69) is 32.5 Å². The van der Waals surface area contributed by atoms with Gasteiger partial charge in [0.25, 0.3) is 5.91 Å². The molecule has 1 amide bonds. The van der Waals surface area contributed by atoms with Gasteiger partial charge < -0.3 is 9.84 Å². The Balaban J connectivity index is 1.32. The topological polar surface area (TPSA) is 71.3 Å². The molecule has 0 unspecified atom stereocenters.